The molecule has 0 spiro atoms. The molecule has 1 aliphatic rings. The lowest BCUT2D eigenvalue weighted by molar-refractivity contribution is 0.0298. The predicted molar refractivity (Wildman–Crippen MR) is 97.4 cm³/mol. The second kappa shape index (κ2) is 6.67. The standard InChI is InChI=1S/C18H15Cl2N3O2/c19-12-3-4-13(15(20)10-12)14-11-16(21-23-5-1-2-17(14)23)18(24)22-6-8-25-9-7-22/h1-5,10-11H,6-9H2. The van der Waals surface area contributed by atoms with E-state index in [-0.39, 0.29) is 5.91 Å². The molecule has 1 amide bonds. The zero-order valence-corrected chi connectivity index (χ0v) is 14.8. The van der Waals surface area contributed by atoms with Crippen LogP contribution in [0.5, 0.6) is 0 Å². The summed E-state index contributed by atoms with van der Waals surface area (Å²) in [5.74, 6) is -0.106. The Labute approximate surface area is 154 Å². The van der Waals surface area contributed by atoms with E-state index in [1.807, 2.05) is 24.4 Å². The summed E-state index contributed by atoms with van der Waals surface area (Å²) < 4.78 is 7.02. The maximum absolute atomic E-state index is 12.8. The Bertz CT molecular complexity index is 949. The number of carbonyl (C=O) groups excluding carboxylic acids is 1. The molecule has 5 nitrogen and oxygen atoms in total. The van der Waals surface area contributed by atoms with Crippen molar-refractivity contribution in [3.63, 3.8) is 0 Å². The minimum Gasteiger partial charge on any atom is -0.378 e. The van der Waals surface area contributed by atoms with Crippen LogP contribution in [0.3, 0.4) is 0 Å². The van der Waals surface area contributed by atoms with Crippen LogP contribution in [0.1, 0.15) is 10.5 Å². The fraction of sp³-hybridized carbons (Fsp3) is 0.222. The van der Waals surface area contributed by atoms with E-state index in [1.54, 1.807) is 27.6 Å². The van der Waals surface area contributed by atoms with Gasteiger partial charge in [-0.25, -0.2) is 4.52 Å². The van der Waals surface area contributed by atoms with Crippen molar-refractivity contribution in [1.82, 2.24) is 14.5 Å². The summed E-state index contributed by atoms with van der Waals surface area (Å²) in [7, 11) is 0. The normalized spacial score (nSPS) is 14.9. The molecule has 1 fully saturated rings. The topological polar surface area (TPSA) is 46.8 Å². The van der Waals surface area contributed by atoms with Gasteiger partial charge in [-0.05, 0) is 30.3 Å². The van der Waals surface area contributed by atoms with E-state index in [9.17, 15) is 4.79 Å². The minimum absolute atomic E-state index is 0.106. The number of carbonyl (C=O) groups is 1. The van der Waals surface area contributed by atoms with Crippen LogP contribution in [0.2, 0.25) is 10.0 Å². The van der Waals surface area contributed by atoms with Gasteiger partial charge < -0.3 is 9.64 Å². The van der Waals surface area contributed by atoms with Crippen LogP contribution in [-0.4, -0.2) is 46.7 Å². The van der Waals surface area contributed by atoms with Gasteiger partial charge in [0.25, 0.3) is 5.91 Å². The molecule has 2 aromatic heterocycles. The van der Waals surface area contributed by atoms with Gasteiger partial charge in [0.05, 0.1) is 18.7 Å². The summed E-state index contributed by atoms with van der Waals surface area (Å²) in [5.41, 5.74) is 2.92. The smallest absolute Gasteiger partial charge is 0.274 e. The molecule has 0 radical (unpaired) electrons. The number of hydrogen-bond donors (Lipinski definition) is 0. The monoisotopic (exact) mass is 375 g/mol. The maximum atomic E-state index is 12.8. The number of aromatic nitrogens is 2. The summed E-state index contributed by atoms with van der Waals surface area (Å²) in [5, 5.41) is 5.56. The van der Waals surface area contributed by atoms with E-state index < -0.39 is 0 Å². The maximum Gasteiger partial charge on any atom is 0.274 e. The quantitative estimate of drug-likeness (QED) is 0.684. The Hall–Kier alpha value is -2.08. The lowest BCUT2D eigenvalue weighted by Gasteiger charge is -2.26. The third-order valence-corrected chi connectivity index (χ3v) is 4.79. The average molecular weight is 376 g/mol. The zero-order chi connectivity index (χ0) is 17.4. The number of benzene rings is 1. The van der Waals surface area contributed by atoms with Crippen molar-refractivity contribution >= 4 is 34.6 Å². The molecule has 1 aliphatic heterocycles. The van der Waals surface area contributed by atoms with Crippen molar-refractivity contribution in [2.24, 2.45) is 0 Å². The summed E-state index contributed by atoms with van der Waals surface area (Å²) >= 11 is 12.4. The summed E-state index contributed by atoms with van der Waals surface area (Å²) in [6.45, 7) is 2.24. The van der Waals surface area contributed by atoms with Gasteiger partial charge in [-0.3, -0.25) is 4.79 Å². The number of ether oxygens (including phenoxy) is 1. The molecule has 0 aliphatic carbocycles. The van der Waals surface area contributed by atoms with E-state index in [2.05, 4.69) is 5.10 Å². The summed E-state index contributed by atoms with van der Waals surface area (Å²) in [4.78, 5) is 14.6. The summed E-state index contributed by atoms with van der Waals surface area (Å²) in [6, 6.07) is 11.0. The van der Waals surface area contributed by atoms with Gasteiger partial charge in [0.1, 0.15) is 5.69 Å². The number of amides is 1. The number of hydrogen-bond acceptors (Lipinski definition) is 3. The number of fused-ring (bicyclic) bond motifs is 1. The van der Waals surface area contributed by atoms with Gasteiger partial charge in [0, 0.05) is 40.5 Å². The SMILES string of the molecule is O=C(c1cc(-c2ccc(Cl)cc2Cl)c2cccn2n1)N1CCOCC1. The predicted octanol–water partition coefficient (Wildman–Crippen LogP) is 3.78. The first-order chi connectivity index (χ1) is 12.1. The largest absolute Gasteiger partial charge is 0.378 e. The van der Waals surface area contributed by atoms with Gasteiger partial charge in [-0.2, -0.15) is 5.10 Å². The van der Waals surface area contributed by atoms with Crippen molar-refractivity contribution in [2.45, 2.75) is 0 Å². The highest BCUT2D eigenvalue weighted by molar-refractivity contribution is 6.36. The molecule has 3 heterocycles. The average Bonchev–Trinajstić information content (AvgIpc) is 3.10. The van der Waals surface area contributed by atoms with Crippen molar-refractivity contribution in [2.75, 3.05) is 26.3 Å². The Morgan fingerprint density at radius 2 is 1.88 bits per heavy atom. The molecule has 0 unspecified atom stereocenters. The molecular weight excluding hydrogens is 361 g/mol. The Balaban J connectivity index is 1.83. The number of morpholine rings is 1. The van der Waals surface area contributed by atoms with Gasteiger partial charge in [0.15, 0.2) is 0 Å². The molecule has 3 aromatic rings. The molecule has 128 valence electrons. The molecule has 0 bridgehead atoms. The number of halogens is 2. The van der Waals surface area contributed by atoms with Crippen LogP contribution in [0.15, 0.2) is 42.6 Å². The van der Waals surface area contributed by atoms with Crippen molar-refractivity contribution in [3.8, 4) is 11.1 Å². The van der Waals surface area contributed by atoms with Crippen molar-refractivity contribution in [3.05, 3.63) is 58.3 Å². The first-order valence-electron chi connectivity index (χ1n) is 7.94. The van der Waals surface area contributed by atoms with E-state index >= 15 is 0 Å². The third kappa shape index (κ3) is 3.11. The van der Waals surface area contributed by atoms with Crippen LogP contribution in [0.4, 0.5) is 0 Å². The van der Waals surface area contributed by atoms with Crippen LogP contribution < -0.4 is 0 Å². The third-order valence-electron chi connectivity index (χ3n) is 4.24. The Morgan fingerprint density at radius 3 is 2.64 bits per heavy atom. The second-order valence-corrected chi connectivity index (χ2v) is 6.65. The Morgan fingerprint density at radius 1 is 1.08 bits per heavy atom. The highest BCUT2D eigenvalue weighted by Gasteiger charge is 2.22. The molecule has 4 rings (SSSR count). The first kappa shape index (κ1) is 16.4. The van der Waals surface area contributed by atoms with E-state index in [0.717, 1.165) is 16.6 Å². The highest BCUT2D eigenvalue weighted by atomic mass is 35.5. The van der Waals surface area contributed by atoms with Crippen molar-refractivity contribution in [1.29, 1.82) is 0 Å². The number of rotatable bonds is 2. The highest BCUT2D eigenvalue weighted by Crippen LogP contribution is 2.33. The van der Waals surface area contributed by atoms with Crippen molar-refractivity contribution < 1.29 is 9.53 Å². The van der Waals surface area contributed by atoms with Gasteiger partial charge in [0.2, 0.25) is 0 Å². The lowest BCUT2D eigenvalue weighted by atomic mass is 10.0. The molecular formula is C18H15Cl2N3O2. The molecule has 0 N–H and O–H groups in total. The van der Waals surface area contributed by atoms with Crippen LogP contribution >= 0.6 is 23.2 Å². The molecule has 0 saturated carbocycles. The number of nitrogens with zero attached hydrogens (tertiary/aromatic N) is 3. The fourth-order valence-electron chi connectivity index (χ4n) is 2.98. The van der Waals surface area contributed by atoms with Gasteiger partial charge in [-0.15, -0.1) is 0 Å². The fourth-order valence-corrected chi connectivity index (χ4v) is 3.50. The molecule has 1 aromatic carbocycles. The molecule has 7 heteroatoms. The Kier molecular flexibility index (Phi) is 4.37. The van der Waals surface area contributed by atoms with Gasteiger partial charge >= 0.3 is 0 Å². The molecule has 25 heavy (non-hydrogen) atoms. The summed E-state index contributed by atoms with van der Waals surface area (Å²) in [6.07, 6.45) is 1.82. The minimum atomic E-state index is -0.106. The van der Waals surface area contributed by atoms with E-state index in [4.69, 9.17) is 27.9 Å². The van der Waals surface area contributed by atoms with E-state index in [1.165, 1.54) is 0 Å². The van der Waals surface area contributed by atoms with Crippen LogP contribution in [0.25, 0.3) is 16.6 Å². The van der Waals surface area contributed by atoms with Crippen LogP contribution in [0, 0.1) is 0 Å². The van der Waals surface area contributed by atoms with E-state index in [0.29, 0.717) is 42.0 Å². The lowest BCUT2D eigenvalue weighted by Crippen LogP contribution is -2.41. The molecule has 0 atom stereocenters. The van der Waals surface area contributed by atoms with Crippen LogP contribution in [-0.2, 0) is 4.74 Å². The second-order valence-electron chi connectivity index (χ2n) is 5.81. The zero-order valence-electron chi connectivity index (χ0n) is 13.3. The molecule has 1 saturated heterocycles. The van der Waals surface area contributed by atoms with Gasteiger partial charge in [-0.1, -0.05) is 29.3 Å². The first-order valence-corrected chi connectivity index (χ1v) is 8.70.